The number of rotatable bonds is 2. The fraction of sp³-hybridized carbons (Fsp3) is 0.696. The lowest BCUT2D eigenvalue weighted by atomic mass is 9.80. The summed E-state index contributed by atoms with van der Waals surface area (Å²) in [4.78, 5) is 20.2. The predicted molar refractivity (Wildman–Crippen MR) is 111 cm³/mol. The van der Waals surface area contributed by atoms with Gasteiger partial charge in [-0.2, -0.15) is 0 Å². The van der Waals surface area contributed by atoms with Gasteiger partial charge in [0.15, 0.2) is 0 Å². The van der Waals surface area contributed by atoms with Gasteiger partial charge >= 0.3 is 0 Å². The van der Waals surface area contributed by atoms with Crippen LogP contribution in [0.4, 0.5) is 0 Å². The lowest BCUT2D eigenvalue weighted by Gasteiger charge is -2.48. The first-order chi connectivity index (χ1) is 14.4. The highest BCUT2D eigenvalue weighted by atomic mass is 16.5. The maximum absolute atomic E-state index is 13.7. The predicted octanol–water partition coefficient (Wildman–Crippen LogP) is 3.19. The van der Waals surface area contributed by atoms with E-state index >= 15 is 0 Å². The highest BCUT2D eigenvalue weighted by Crippen LogP contribution is 2.40. The number of ether oxygens (including phenoxy) is 1. The van der Waals surface area contributed by atoms with Crippen LogP contribution in [0.5, 0.6) is 0 Å². The Kier molecular flexibility index (Phi) is 4.86. The number of aromatic nitrogens is 2. The fourth-order valence-corrected chi connectivity index (χ4v) is 5.56. The lowest BCUT2D eigenvalue weighted by Crippen LogP contribution is -2.54. The van der Waals surface area contributed by atoms with Gasteiger partial charge in [0.1, 0.15) is 0 Å². The Morgan fingerprint density at radius 1 is 1.27 bits per heavy atom. The summed E-state index contributed by atoms with van der Waals surface area (Å²) in [5, 5.41) is 15.3. The molecule has 1 spiro atoms. The van der Waals surface area contributed by atoms with Crippen molar-refractivity contribution in [3.63, 3.8) is 0 Å². The zero-order valence-electron chi connectivity index (χ0n) is 18.1. The van der Waals surface area contributed by atoms with Crippen molar-refractivity contribution in [3.8, 4) is 0 Å². The second-order valence-corrected chi connectivity index (χ2v) is 9.68. The minimum Gasteiger partial charge on any atom is -0.393 e. The lowest BCUT2D eigenvalue weighted by molar-refractivity contribution is -0.190. The first kappa shape index (κ1) is 19.9. The van der Waals surface area contributed by atoms with E-state index in [-0.39, 0.29) is 23.7 Å². The standard InChI is InChI=1S/C23H31N3O4/c1-13(2)18-11-15(27)12-23(29-18)7-9-26(10-8-23)22(28)20-16-5-4-6-17(16)24-21-19(20)14(3)25-30-21/h13,15,18,27H,4-12H2,1-3H3/t15-,18-/m1/s1. The minimum atomic E-state index is -0.323. The van der Waals surface area contributed by atoms with E-state index in [2.05, 4.69) is 24.0 Å². The fourth-order valence-electron chi connectivity index (χ4n) is 5.56. The molecular weight excluding hydrogens is 382 g/mol. The summed E-state index contributed by atoms with van der Waals surface area (Å²) in [6.07, 6.45) is 5.44. The monoisotopic (exact) mass is 413 g/mol. The number of fused-ring (bicyclic) bond motifs is 2. The van der Waals surface area contributed by atoms with Gasteiger partial charge in [0.2, 0.25) is 0 Å². The number of carbonyl (C=O) groups is 1. The molecule has 2 atom stereocenters. The maximum atomic E-state index is 13.7. The van der Waals surface area contributed by atoms with Crippen LogP contribution >= 0.6 is 0 Å². The molecule has 1 N–H and O–H groups in total. The molecular formula is C23H31N3O4. The van der Waals surface area contributed by atoms with E-state index in [9.17, 15) is 9.90 Å². The van der Waals surface area contributed by atoms with Crippen molar-refractivity contribution in [2.45, 2.75) is 83.5 Å². The summed E-state index contributed by atoms with van der Waals surface area (Å²) < 4.78 is 11.9. The summed E-state index contributed by atoms with van der Waals surface area (Å²) >= 11 is 0. The van der Waals surface area contributed by atoms with Crippen molar-refractivity contribution in [3.05, 3.63) is 22.5 Å². The van der Waals surface area contributed by atoms with Gasteiger partial charge in [-0.3, -0.25) is 4.79 Å². The van der Waals surface area contributed by atoms with Gasteiger partial charge in [-0.25, -0.2) is 4.98 Å². The Balaban J connectivity index is 1.40. The van der Waals surface area contributed by atoms with Gasteiger partial charge in [0, 0.05) is 25.2 Å². The summed E-state index contributed by atoms with van der Waals surface area (Å²) in [7, 11) is 0. The Bertz CT molecular complexity index is 974. The Hall–Kier alpha value is -1.99. The topological polar surface area (TPSA) is 88.7 Å². The van der Waals surface area contributed by atoms with Crippen LogP contribution < -0.4 is 0 Å². The number of amides is 1. The van der Waals surface area contributed by atoms with Crippen molar-refractivity contribution in [2.24, 2.45) is 5.92 Å². The molecule has 7 heteroatoms. The van der Waals surface area contributed by atoms with Crippen LogP contribution in [0.15, 0.2) is 4.52 Å². The number of aryl methyl sites for hydroxylation is 2. The second-order valence-electron chi connectivity index (χ2n) is 9.68. The van der Waals surface area contributed by atoms with Crippen molar-refractivity contribution >= 4 is 17.0 Å². The molecule has 4 heterocycles. The molecule has 0 bridgehead atoms. The number of hydrogen-bond donors (Lipinski definition) is 1. The van der Waals surface area contributed by atoms with Gasteiger partial charge < -0.3 is 19.3 Å². The molecule has 2 saturated heterocycles. The average Bonchev–Trinajstić information content (AvgIpc) is 3.32. The molecule has 0 unspecified atom stereocenters. The summed E-state index contributed by atoms with van der Waals surface area (Å²) in [6.45, 7) is 7.44. The summed E-state index contributed by atoms with van der Waals surface area (Å²) in [5.74, 6) is 0.430. The van der Waals surface area contributed by atoms with Gasteiger partial charge in [0.05, 0.1) is 34.5 Å². The third-order valence-corrected chi connectivity index (χ3v) is 7.25. The molecule has 2 aliphatic heterocycles. The van der Waals surface area contributed by atoms with Crippen molar-refractivity contribution in [2.75, 3.05) is 13.1 Å². The molecule has 0 aromatic carbocycles. The second kappa shape index (κ2) is 7.31. The molecule has 2 fully saturated rings. The molecule has 30 heavy (non-hydrogen) atoms. The van der Waals surface area contributed by atoms with Crippen LogP contribution in [0.1, 0.15) is 73.3 Å². The molecule has 0 saturated carbocycles. The van der Waals surface area contributed by atoms with Crippen LogP contribution in [-0.4, -0.2) is 57.0 Å². The molecule has 5 rings (SSSR count). The molecule has 3 aliphatic rings. The van der Waals surface area contributed by atoms with Crippen LogP contribution in [0.25, 0.3) is 11.1 Å². The maximum Gasteiger partial charge on any atom is 0.259 e. The molecule has 162 valence electrons. The number of aliphatic hydroxyl groups excluding tert-OH is 1. The van der Waals surface area contributed by atoms with Crippen molar-refractivity contribution in [1.29, 1.82) is 0 Å². The first-order valence-corrected chi connectivity index (χ1v) is 11.3. The third-order valence-electron chi connectivity index (χ3n) is 7.25. The molecule has 7 nitrogen and oxygen atoms in total. The highest BCUT2D eigenvalue weighted by molar-refractivity contribution is 6.07. The largest absolute Gasteiger partial charge is 0.393 e. The van der Waals surface area contributed by atoms with Crippen molar-refractivity contribution in [1.82, 2.24) is 15.0 Å². The zero-order valence-corrected chi connectivity index (χ0v) is 18.1. The van der Waals surface area contributed by atoms with Gasteiger partial charge in [-0.15, -0.1) is 0 Å². The number of nitrogens with zero attached hydrogens (tertiary/aromatic N) is 3. The average molecular weight is 414 g/mol. The zero-order chi connectivity index (χ0) is 21.0. The molecule has 0 radical (unpaired) electrons. The Morgan fingerprint density at radius 2 is 2.03 bits per heavy atom. The van der Waals surface area contributed by atoms with Crippen LogP contribution in [-0.2, 0) is 17.6 Å². The number of pyridine rings is 1. The van der Waals surface area contributed by atoms with Crippen LogP contribution in [0.2, 0.25) is 0 Å². The van der Waals surface area contributed by atoms with E-state index < -0.39 is 0 Å². The molecule has 1 aliphatic carbocycles. The Labute approximate surface area is 176 Å². The number of aliphatic hydroxyl groups is 1. The minimum absolute atomic E-state index is 0.0541. The normalized spacial score (nSPS) is 26.0. The van der Waals surface area contributed by atoms with Crippen molar-refractivity contribution < 1.29 is 19.2 Å². The quantitative estimate of drug-likeness (QED) is 0.813. The van der Waals surface area contributed by atoms with E-state index in [0.717, 1.165) is 60.0 Å². The molecule has 2 aromatic rings. The van der Waals surface area contributed by atoms with Crippen LogP contribution in [0, 0.1) is 12.8 Å². The molecule has 1 amide bonds. The van der Waals surface area contributed by atoms with E-state index in [1.54, 1.807) is 0 Å². The van der Waals surface area contributed by atoms with Crippen LogP contribution in [0.3, 0.4) is 0 Å². The first-order valence-electron chi connectivity index (χ1n) is 11.3. The number of piperidine rings is 1. The third kappa shape index (κ3) is 3.23. The van der Waals surface area contributed by atoms with E-state index in [0.29, 0.717) is 37.6 Å². The SMILES string of the molecule is Cc1noc2nc3c(c(C(=O)N4CCC5(CC4)C[C@H](O)C[C@H](C(C)C)O5)c12)CCC3. The summed E-state index contributed by atoms with van der Waals surface area (Å²) in [6, 6.07) is 0. The van der Waals surface area contributed by atoms with Gasteiger partial charge in [-0.1, -0.05) is 19.0 Å². The number of carbonyl (C=O) groups excluding carboxylic acids is 1. The summed E-state index contributed by atoms with van der Waals surface area (Å²) in [5.41, 5.74) is 3.68. The highest BCUT2D eigenvalue weighted by Gasteiger charge is 2.45. The van der Waals surface area contributed by atoms with E-state index in [4.69, 9.17) is 9.26 Å². The van der Waals surface area contributed by atoms with E-state index in [1.165, 1.54) is 0 Å². The van der Waals surface area contributed by atoms with Gasteiger partial charge in [-0.05, 0) is 56.9 Å². The number of likely N-dealkylation sites (tertiary alicyclic amines) is 1. The Morgan fingerprint density at radius 3 is 2.77 bits per heavy atom. The smallest absolute Gasteiger partial charge is 0.259 e. The molecule has 2 aromatic heterocycles. The van der Waals surface area contributed by atoms with E-state index in [1.807, 2.05) is 11.8 Å². The van der Waals surface area contributed by atoms with Gasteiger partial charge in [0.25, 0.3) is 11.6 Å². The number of hydrogen-bond acceptors (Lipinski definition) is 6.